The fourth-order valence-electron chi connectivity index (χ4n) is 0.581. The molecule has 1 aromatic carbocycles. The zero-order chi connectivity index (χ0) is 11.0. The monoisotopic (exact) mass is 195 g/mol. The number of nitrogens with zero attached hydrogens (tertiary/aromatic N) is 1. The maximum Gasteiger partial charge on any atom is 0.335 e. The van der Waals surface area contributed by atoms with Gasteiger partial charge in [0.15, 0.2) is 0 Å². The van der Waals surface area contributed by atoms with E-state index < -0.39 is 5.97 Å². The molecule has 14 heavy (non-hydrogen) atoms. The highest BCUT2D eigenvalue weighted by atomic mass is 16.4. The highest BCUT2D eigenvalue weighted by Crippen LogP contribution is 1.96. The summed E-state index contributed by atoms with van der Waals surface area (Å²) in [6.07, 6.45) is 0. The van der Waals surface area contributed by atoms with Gasteiger partial charge in [-0.1, -0.05) is 23.4 Å². The number of aromatic carboxylic acids is 1. The first-order chi connectivity index (χ1) is 6.57. The van der Waals surface area contributed by atoms with Gasteiger partial charge in [-0.25, -0.2) is 4.79 Å². The van der Waals surface area contributed by atoms with Gasteiger partial charge in [-0.3, -0.25) is 0 Å². The SMILES string of the molecule is CC(C)=NO.O=C(O)c1ccccc1. The van der Waals surface area contributed by atoms with E-state index in [0.717, 1.165) is 0 Å². The summed E-state index contributed by atoms with van der Waals surface area (Å²) < 4.78 is 0. The Kier molecular flexibility index (Phi) is 5.78. The van der Waals surface area contributed by atoms with Crippen LogP contribution in [0.25, 0.3) is 0 Å². The summed E-state index contributed by atoms with van der Waals surface area (Å²) in [7, 11) is 0. The van der Waals surface area contributed by atoms with Crippen LogP contribution >= 0.6 is 0 Å². The molecule has 0 radical (unpaired) electrons. The van der Waals surface area contributed by atoms with Crippen molar-refractivity contribution < 1.29 is 15.1 Å². The minimum absolute atomic E-state index is 0.331. The van der Waals surface area contributed by atoms with E-state index in [1.165, 1.54) is 0 Å². The van der Waals surface area contributed by atoms with Crippen LogP contribution in [-0.4, -0.2) is 22.0 Å². The first kappa shape index (κ1) is 12.2. The van der Waals surface area contributed by atoms with Gasteiger partial charge in [0.1, 0.15) is 0 Å². The Hall–Kier alpha value is -1.84. The summed E-state index contributed by atoms with van der Waals surface area (Å²) in [5.74, 6) is -0.879. The quantitative estimate of drug-likeness (QED) is 0.410. The van der Waals surface area contributed by atoms with Crippen molar-refractivity contribution in [3.05, 3.63) is 35.9 Å². The maximum atomic E-state index is 10.2. The molecule has 4 nitrogen and oxygen atoms in total. The van der Waals surface area contributed by atoms with Crippen LogP contribution in [0.5, 0.6) is 0 Å². The maximum absolute atomic E-state index is 10.2. The molecule has 0 saturated carbocycles. The number of carboxylic acid groups (broad SMARTS) is 1. The molecule has 0 atom stereocenters. The molecular formula is C10H13NO3. The highest BCUT2D eigenvalue weighted by molar-refractivity contribution is 5.87. The molecule has 0 unspecified atom stereocenters. The molecule has 0 saturated heterocycles. The number of oxime groups is 1. The molecule has 1 rings (SSSR count). The Bertz CT molecular complexity index is 302. The summed E-state index contributed by atoms with van der Waals surface area (Å²) in [6, 6.07) is 8.30. The van der Waals surface area contributed by atoms with Gasteiger partial charge in [-0.05, 0) is 26.0 Å². The summed E-state index contributed by atoms with van der Waals surface area (Å²) in [5.41, 5.74) is 1.02. The minimum atomic E-state index is -0.879. The summed E-state index contributed by atoms with van der Waals surface area (Å²) in [5, 5.41) is 18.9. The number of carbonyl (C=O) groups is 1. The Morgan fingerprint density at radius 2 is 1.64 bits per heavy atom. The van der Waals surface area contributed by atoms with E-state index in [1.807, 2.05) is 0 Å². The molecule has 0 amide bonds. The van der Waals surface area contributed by atoms with E-state index in [2.05, 4.69) is 5.16 Å². The van der Waals surface area contributed by atoms with Crippen molar-refractivity contribution in [2.45, 2.75) is 13.8 Å². The third kappa shape index (κ3) is 5.77. The summed E-state index contributed by atoms with van der Waals surface area (Å²) in [4.78, 5) is 10.2. The van der Waals surface area contributed by atoms with Crippen LogP contribution in [0.4, 0.5) is 0 Å². The molecule has 0 aliphatic rings. The largest absolute Gasteiger partial charge is 0.478 e. The lowest BCUT2D eigenvalue weighted by Crippen LogP contribution is -1.93. The van der Waals surface area contributed by atoms with Gasteiger partial charge in [0.05, 0.1) is 11.3 Å². The second-order valence-electron chi connectivity index (χ2n) is 2.72. The zero-order valence-electron chi connectivity index (χ0n) is 8.14. The molecule has 0 aliphatic carbocycles. The average Bonchev–Trinajstić information content (AvgIpc) is 2.20. The number of hydrogen-bond donors (Lipinski definition) is 2. The topological polar surface area (TPSA) is 69.9 Å². The van der Waals surface area contributed by atoms with Crippen LogP contribution in [0.1, 0.15) is 24.2 Å². The third-order valence-electron chi connectivity index (χ3n) is 1.22. The number of carboxylic acids is 1. The lowest BCUT2D eigenvalue weighted by atomic mass is 10.2. The van der Waals surface area contributed by atoms with Crippen LogP contribution < -0.4 is 0 Å². The van der Waals surface area contributed by atoms with Gasteiger partial charge < -0.3 is 10.3 Å². The van der Waals surface area contributed by atoms with Crippen molar-refractivity contribution in [2.75, 3.05) is 0 Å². The van der Waals surface area contributed by atoms with E-state index in [4.69, 9.17) is 10.3 Å². The van der Waals surface area contributed by atoms with Gasteiger partial charge in [0.2, 0.25) is 0 Å². The Morgan fingerprint density at radius 1 is 1.21 bits per heavy atom. The van der Waals surface area contributed by atoms with Gasteiger partial charge in [0.25, 0.3) is 0 Å². The van der Waals surface area contributed by atoms with E-state index >= 15 is 0 Å². The number of hydrogen-bond acceptors (Lipinski definition) is 3. The van der Waals surface area contributed by atoms with Gasteiger partial charge in [-0.15, -0.1) is 0 Å². The molecular weight excluding hydrogens is 182 g/mol. The minimum Gasteiger partial charge on any atom is -0.478 e. The van der Waals surface area contributed by atoms with E-state index in [-0.39, 0.29) is 0 Å². The van der Waals surface area contributed by atoms with E-state index in [0.29, 0.717) is 11.3 Å². The van der Waals surface area contributed by atoms with E-state index in [1.54, 1.807) is 44.2 Å². The third-order valence-corrected chi connectivity index (χ3v) is 1.22. The predicted molar refractivity (Wildman–Crippen MR) is 54.0 cm³/mol. The lowest BCUT2D eigenvalue weighted by molar-refractivity contribution is 0.0697. The van der Waals surface area contributed by atoms with Crippen LogP contribution in [0.2, 0.25) is 0 Å². The molecule has 0 spiro atoms. The smallest absolute Gasteiger partial charge is 0.335 e. The second kappa shape index (κ2) is 6.65. The normalized spacial score (nSPS) is 8.14. The molecule has 0 bridgehead atoms. The fraction of sp³-hybridized carbons (Fsp3) is 0.200. The van der Waals surface area contributed by atoms with Crippen LogP contribution in [-0.2, 0) is 0 Å². The van der Waals surface area contributed by atoms with E-state index in [9.17, 15) is 4.79 Å². The molecule has 0 heterocycles. The van der Waals surface area contributed by atoms with Crippen molar-refractivity contribution in [3.63, 3.8) is 0 Å². The van der Waals surface area contributed by atoms with Crippen LogP contribution in [0, 0.1) is 0 Å². The van der Waals surface area contributed by atoms with Crippen molar-refractivity contribution in [3.8, 4) is 0 Å². The lowest BCUT2D eigenvalue weighted by Gasteiger charge is -1.88. The van der Waals surface area contributed by atoms with Gasteiger partial charge in [0, 0.05) is 0 Å². The molecule has 0 fully saturated rings. The fourth-order valence-corrected chi connectivity index (χ4v) is 0.581. The summed E-state index contributed by atoms with van der Waals surface area (Å²) >= 11 is 0. The molecule has 76 valence electrons. The van der Waals surface area contributed by atoms with Gasteiger partial charge in [-0.2, -0.15) is 0 Å². The van der Waals surface area contributed by atoms with Crippen LogP contribution in [0.3, 0.4) is 0 Å². The predicted octanol–water partition coefficient (Wildman–Crippen LogP) is 2.24. The highest BCUT2D eigenvalue weighted by Gasteiger charge is 1.96. The van der Waals surface area contributed by atoms with Crippen molar-refractivity contribution in [1.29, 1.82) is 0 Å². The zero-order valence-corrected chi connectivity index (χ0v) is 8.14. The number of benzene rings is 1. The summed E-state index contributed by atoms with van der Waals surface area (Å²) in [6.45, 7) is 3.44. The van der Waals surface area contributed by atoms with Crippen molar-refractivity contribution in [2.24, 2.45) is 5.16 Å². The molecule has 2 N–H and O–H groups in total. The van der Waals surface area contributed by atoms with Crippen molar-refractivity contribution >= 4 is 11.7 Å². The standard InChI is InChI=1S/C7H6O2.C3H7NO/c8-7(9)6-4-2-1-3-5-6;1-3(2)4-5/h1-5H,(H,8,9);5H,1-2H3. The Morgan fingerprint density at radius 3 is 1.86 bits per heavy atom. The van der Waals surface area contributed by atoms with Gasteiger partial charge >= 0.3 is 5.97 Å². The molecule has 0 aromatic heterocycles. The number of rotatable bonds is 1. The van der Waals surface area contributed by atoms with Crippen LogP contribution in [0.15, 0.2) is 35.5 Å². The molecule has 4 heteroatoms. The molecule has 0 aliphatic heterocycles. The first-order valence-electron chi connectivity index (χ1n) is 4.01. The average molecular weight is 195 g/mol. The Balaban J connectivity index is 0.000000292. The first-order valence-corrected chi connectivity index (χ1v) is 4.01. The van der Waals surface area contributed by atoms with Crippen molar-refractivity contribution in [1.82, 2.24) is 0 Å². The molecule has 1 aromatic rings. The second-order valence-corrected chi connectivity index (χ2v) is 2.72. The Labute approximate surface area is 82.5 Å².